The molecule has 1 fully saturated rings. The van der Waals surface area contributed by atoms with E-state index in [0.29, 0.717) is 34.3 Å². The van der Waals surface area contributed by atoms with Crippen LogP contribution in [0.4, 0.5) is 18.3 Å². The van der Waals surface area contributed by atoms with Crippen LogP contribution in [0.5, 0.6) is 5.75 Å². The Labute approximate surface area is 207 Å². The topological polar surface area (TPSA) is 135 Å². The number of aliphatic carboxylic acids is 1. The first-order valence-electron chi connectivity index (χ1n) is 10.4. The van der Waals surface area contributed by atoms with Crippen LogP contribution in [0.3, 0.4) is 0 Å². The Kier molecular flexibility index (Phi) is 7.31. The number of benzene rings is 1. The standard InChI is InChI=1S/C20H20F3N5O6S2/c1-33-9-6-16-24-10-15-17(25-16)26-19(35-15)27-7-8-28(14(11-27)18(29)30)36(31,32)13-4-2-12(3-5-13)34-20(21,22)23/h2-5,10,14H,6-9,11H2,1H3,(H,29,30)/t14-/m1/s1. The van der Waals surface area contributed by atoms with Crippen LogP contribution in [0.15, 0.2) is 35.4 Å². The maximum absolute atomic E-state index is 13.1. The lowest BCUT2D eigenvalue weighted by Gasteiger charge is -2.38. The number of thiazole rings is 1. The van der Waals surface area contributed by atoms with Crippen LogP contribution in [-0.2, 0) is 26.0 Å². The van der Waals surface area contributed by atoms with Crippen molar-refractivity contribution in [2.24, 2.45) is 0 Å². The average molecular weight is 548 g/mol. The normalized spacial score (nSPS) is 17.4. The second-order valence-corrected chi connectivity index (χ2v) is 10.5. The number of piperazine rings is 1. The zero-order valence-electron chi connectivity index (χ0n) is 18.7. The quantitative estimate of drug-likeness (QED) is 0.447. The molecule has 0 amide bonds. The smallest absolute Gasteiger partial charge is 0.480 e. The van der Waals surface area contributed by atoms with Crippen LogP contribution in [0.25, 0.3) is 10.3 Å². The largest absolute Gasteiger partial charge is 0.573 e. The Morgan fingerprint density at radius 1 is 1.22 bits per heavy atom. The molecule has 0 aliphatic carbocycles. The second kappa shape index (κ2) is 10.1. The lowest BCUT2D eigenvalue weighted by Crippen LogP contribution is -2.58. The molecule has 0 bridgehead atoms. The van der Waals surface area contributed by atoms with E-state index in [0.717, 1.165) is 28.6 Å². The zero-order valence-corrected chi connectivity index (χ0v) is 20.3. The summed E-state index contributed by atoms with van der Waals surface area (Å²) in [6.07, 6.45) is -2.81. The molecule has 0 saturated carbocycles. The highest BCUT2D eigenvalue weighted by atomic mass is 32.2. The van der Waals surface area contributed by atoms with E-state index in [1.807, 2.05) is 0 Å². The van der Waals surface area contributed by atoms with Crippen LogP contribution in [0.1, 0.15) is 5.82 Å². The Morgan fingerprint density at radius 3 is 2.58 bits per heavy atom. The van der Waals surface area contributed by atoms with Crippen molar-refractivity contribution in [3.63, 3.8) is 0 Å². The molecule has 0 spiro atoms. The first-order chi connectivity index (χ1) is 17.0. The van der Waals surface area contributed by atoms with E-state index in [2.05, 4.69) is 19.7 Å². The van der Waals surface area contributed by atoms with Gasteiger partial charge in [0.2, 0.25) is 10.0 Å². The number of aromatic nitrogens is 3. The summed E-state index contributed by atoms with van der Waals surface area (Å²) in [4.78, 5) is 26.4. The number of nitrogens with zero attached hydrogens (tertiary/aromatic N) is 5. The molecule has 36 heavy (non-hydrogen) atoms. The summed E-state index contributed by atoms with van der Waals surface area (Å²) in [6, 6.07) is 2.14. The summed E-state index contributed by atoms with van der Waals surface area (Å²) in [5, 5.41) is 10.3. The highest BCUT2D eigenvalue weighted by Gasteiger charge is 2.41. The van der Waals surface area contributed by atoms with Crippen LogP contribution in [0, 0.1) is 0 Å². The fraction of sp³-hybridized carbons (Fsp3) is 0.400. The number of rotatable bonds is 8. The number of alkyl halides is 3. The van der Waals surface area contributed by atoms with Crippen molar-refractivity contribution in [3.8, 4) is 5.75 Å². The number of hydrogen-bond donors (Lipinski definition) is 1. The van der Waals surface area contributed by atoms with Crippen LogP contribution >= 0.6 is 11.3 Å². The van der Waals surface area contributed by atoms with Gasteiger partial charge in [0.15, 0.2) is 10.8 Å². The highest BCUT2D eigenvalue weighted by molar-refractivity contribution is 7.89. The van der Waals surface area contributed by atoms with Gasteiger partial charge < -0.3 is 19.5 Å². The maximum Gasteiger partial charge on any atom is 0.573 e. The van der Waals surface area contributed by atoms with Gasteiger partial charge in [-0.15, -0.1) is 13.2 Å². The number of ether oxygens (including phenoxy) is 2. The number of fused-ring (bicyclic) bond motifs is 1. The molecule has 0 unspecified atom stereocenters. The van der Waals surface area contributed by atoms with Gasteiger partial charge in [-0.25, -0.2) is 18.4 Å². The average Bonchev–Trinajstić information content (AvgIpc) is 3.25. The minimum Gasteiger partial charge on any atom is -0.480 e. The van der Waals surface area contributed by atoms with Gasteiger partial charge in [0.25, 0.3) is 0 Å². The number of carboxylic acid groups (broad SMARTS) is 1. The summed E-state index contributed by atoms with van der Waals surface area (Å²) in [5.74, 6) is -1.42. The number of carbonyl (C=O) groups is 1. The van der Waals surface area contributed by atoms with Gasteiger partial charge in [-0.2, -0.15) is 9.29 Å². The third-order valence-electron chi connectivity index (χ3n) is 5.27. The third-order valence-corrected chi connectivity index (χ3v) is 8.23. The predicted octanol–water partition coefficient (Wildman–Crippen LogP) is 2.14. The Balaban J connectivity index is 1.54. The molecule has 4 rings (SSSR count). The van der Waals surface area contributed by atoms with E-state index in [4.69, 9.17) is 4.74 Å². The second-order valence-electron chi connectivity index (χ2n) is 7.65. The molecule has 1 aliphatic heterocycles. The SMILES string of the molecule is COCCc1ncc2sc(N3CCN(S(=O)(=O)c4ccc(OC(F)(F)F)cc4)[C@@H](C(=O)O)C3)nc2n1. The Bertz CT molecular complexity index is 1350. The molecule has 1 aromatic carbocycles. The molecular formula is C20H20F3N5O6S2. The fourth-order valence-corrected chi connectivity index (χ4v) is 6.06. The van der Waals surface area contributed by atoms with Gasteiger partial charge >= 0.3 is 12.3 Å². The van der Waals surface area contributed by atoms with Crippen molar-refractivity contribution >= 4 is 42.8 Å². The molecule has 1 saturated heterocycles. The van der Waals surface area contributed by atoms with Gasteiger partial charge in [-0.3, -0.25) is 4.79 Å². The summed E-state index contributed by atoms with van der Waals surface area (Å²) in [6.45, 7) is 0.216. The minimum absolute atomic E-state index is 0.141. The Hall–Kier alpha value is -3.08. The molecule has 0 radical (unpaired) electrons. The van der Waals surface area contributed by atoms with E-state index in [-0.39, 0.29) is 24.5 Å². The van der Waals surface area contributed by atoms with Crippen molar-refractivity contribution in [1.82, 2.24) is 19.3 Å². The molecule has 3 aromatic rings. The van der Waals surface area contributed by atoms with Gasteiger partial charge in [0.1, 0.15) is 17.6 Å². The number of methoxy groups -OCH3 is 1. The number of hydrogen-bond acceptors (Lipinski definition) is 10. The number of anilines is 1. The maximum atomic E-state index is 13.1. The van der Waals surface area contributed by atoms with E-state index in [9.17, 15) is 31.5 Å². The zero-order chi connectivity index (χ0) is 26.1. The van der Waals surface area contributed by atoms with E-state index >= 15 is 0 Å². The van der Waals surface area contributed by atoms with Crippen molar-refractivity contribution in [2.75, 3.05) is 38.3 Å². The van der Waals surface area contributed by atoms with Gasteiger partial charge in [-0.05, 0) is 24.3 Å². The van der Waals surface area contributed by atoms with Crippen molar-refractivity contribution < 1.29 is 41.0 Å². The lowest BCUT2D eigenvalue weighted by atomic mass is 10.2. The van der Waals surface area contributed by atoms with Gasteiger partial charge in [0, 0.05) is 33.2 Å². The number of carboxylic acids is 1. The minimum atomic E-state index is -4.93. The summed E-state index contributed by atoms with van der Waals surface area (Å²) < 4.78 is 73.7. The number of sulfonamides is 1. The van der Waals surface area contributed by atoms with Crippen LogP contribution in [-0.4, -0.2) is 84.5 Å². The molecule has 1 N–H and O–H groups in total. The molecular weight excluding hydrogens is 527 g/mol. The highest BCUT2D eigenvalue weighted by Crippen LogP contribution is 2.31. The van der Waals surface area contributed by atoms with Gasteiger partial charge in [-0.1, -0.05) is 11.3 Å². The van der Waals surface area contributed by atoms with Crippen molar-refractivity contribution in [3.05, 3.63) is 36.3 Å². The predicted molar refractivity (Wildman–Crippen MR) is 121 cm³/mol. The van der Waals surface area contributed by atoms with E-state index in [1.54, 1.807) is 18.2 Å². The van der Waals surface area contributed by atoms with Crippen molar-refractivity contribution in [1.29, 1.82) is 0 Å². The monoisotopic (exact) mass is 547 g/mol. The van der Waals surface area contributed by atoms with E-state index < -0.39 is 34.1 Å². The summed E-state index contributed by atoms with van der Waals surface area (Å²) >= 11 is 1.25. The van der Waals surface area contributed by atoms with Crippen molar-refractivity contribution in [2.45, 2.75) is 23.7 Å². The lowest BCUT2D eigenvalue weighted by molar-refractivity contribution is -0.274. The Morgan fingerprint density at radius 2 is 1.94 bits per heavy atom. The molecule has 1 aliphatic rings. The first-order valence-corrected chi connectivity index (χ1v) is 12.7. The molecule has 16 heteroatoms. The molecule has 2 aromatic heterocycles. The third kappa shape index (κ3) is 5.66. The van der Waals surface area contributed by atoms with Crippen LogP contribution < -0.4 is 9.64 Å². The summed E-state index contributed by atoms with van der Waals surface area (Å²) in [7, 11) is -2.76. The van der Waals surface area contributed by atoms with E-state index in [1.165, 1.54) is 11.3 Å². The molecule has 194 valence electrons. The van der Waals surface area contributed by atoms with Gasteiger partial charge in [0.05, 0.1) is 22.4 Å². The summed E-state index contributed by atoms with van der Waals surface area (Å²) in [5.41, 5.74) is 0.444. The molecule has 11 nitrogen and oxygen atoms in total. The molecule has 3 heterocycles. The first kappa shape index (κ1) is 26.0. The number of halogens is 3. The fourth-order valence-electron chi connectivity index (χ4n) is 3.59. The van der Waals surface area contributed by atoms with Crippen LogP contribution in [0.2, 0.25) is 0 Å². The molecule has 1 atom stereocenters.